The molecule has 0 aromatic heterocycles. The topological polar surface area (TPSA) is 54.0 Å². The van der Waals surface area contributed by atoms with Crippen molar-refractivity contribution < 1.29 is 23.4 Å². The van der Waals surface area contributed by atoms with Crippen LogP contribution >= 0.6 is 11.9 Å². The van der Waals surface area contributed by atoms with Crippen LogP contribution in [0.5, 0.6) is 5.75 Å². The minimum absolute atomic E-state index is 0.179. The Labute approximate surface area is 157 Å². The predicted octanol–water partition coefficient (Wildman–Crippen LogP) is 2.89. The molecule has 2 saturated heterocycles. The van der Waals surface area contributed by atoms with Crippen LogP contribution in [-0.4, -0.2) is 60.5 Å². The molecule has 1 aromatic rings. The first-order valence-corrected chi connectivity index (χ1v) is 9.81. The molecule has 146 valence electrons. The maximum Gasteiger partial charge on any atom is 0.387 e. The third-order valence-electron chi connectivity index (χ3n) is 4.88. The Hall–Kier alpha value is -0.930. The van der Waals surface area contributed by atoms with Crippen molar-refractivity contribution in [2.75, 3.05) is 32.8 Å². The maximum atomic E-state index is 12.2. The molecule has 2 aliphatic heterocycles. The highest BCUT2D eigenvalue weighted by atomic mass is 32.2. The fourth-order valence-electron chi connectivity index (χ4n) is 3.24. The number of aliphatic hydroxyl groups is 1. The highest BCUT2D eigenvalue weighted by Gasteiger charge is 2.31. The van der Waals surface area contributed by atoms with Gasteiger partial charge in [-0.2, -0.15) is 8.78 Å². The van der Waals surface area contributed by atoms with E-state index < -0.39 is 12.2 Å². The lowest BCUT2D eigenvalue weighted by Crippen LogP contribution is -2.49. The molecule has 1 aromatic carbocycles. The van der Waals surface area contributed by atoms with E-state index in [4.69, 9.17) is 4.74 Å². The molecule has 0 atom stereocenters. The average molecular weight is 388 g/mol. The average Bonchev–Trinajstić information content (AvgIpc) is 2.63. The van der Waals surface area contributed by atoms with Gasteiger partial charge in [-0.25, -0.2) is 4.31 Å². The molecule has 2 N–H and O–H groups in total. The van der Waals surface area contributed by atoms with E-state index in [9.17, 15) is 13.9 Å². The van der Waals surface area contributed by atoms with Gasteiger partial charge in [0.2, 0.25) is 0 Å². The van der Waals surface area contributed by atoms with Gasteiger partial charge in [0.1, 0.15) is 5.75 Å². The zero-order chi connectivity index (χ0) is 18.4. The van der Waals surface area contributed by atoms with Gasteiger partial charge in [-0.15, -0.1) is 0 Å². The number of hydrogen-bond donors (Lipinski definition) is 2. The highest BCUT2D eigenvalue weighted by molar-refractivity contribution is 7.97. The molecule has 8 heteroatoms. The third-order valence-corrected chi connectivity index (χ3v) is 5.99. The lowest BCUT2D eigenvalue weighted by Gasteiger charge is -2.36. The van der Waals surface area contributed by atoms with Crippen molar-refractivity contribution in [3.8, 4) is 5.75 Å². The van der Waals surface area contributed by atoms with Crippen LogP contribution in [-0.2, 0) is 4.74 Å². The van der Waals surface area contributed by atoms with Crippen molar-refractivity contribution in [3.63, 3.8) is 0 Å². The first kappa shape index (κ1) is 19.8. The molecule has 0 radical (unpaired) electrons. The molecule has 2 fully saturated rings. The second kappa shape index (κ2) is 9.32. The molecule has 3 rings (SSSR count). The third kappa shape index (κ3) is 6.06. The van der Waals surface area contributed by atoms with Crippen LogP contribution in [0.3, 0.4) is 0 Å². The molecule has 0 saturated carbocycles. The van der Waals surface area contributed by atoms with Crippen molar-refractivity contribution >= 4 is 11.9 Å². The fourth-order valence-corrected chi connectivity index (χ4v) is 4.19. The summed E-state index contributed by atoms with van der Waals surface area (Å²) < 4.78 is 36.3. The normalized spacial score (nSPS) is 21.8. The lowest BCUT2D eigenvalue weighted by atomic mass is 9.93. The summed E-state index contributed by atoms with van der Waals surface area (Å²) in [5, 5.41) is 14.0. The number of nitrogens with one attached hydrogen (secondary N) is 1. The number of halogens is 2. The van der Waals surface area contributed by atoms with Crippen molar-refractivity contribution in [2.45, 2.75) is 48.8 Å². The van der Waals surface area contributed by atoms with E-state index in [2.05, 4.69) is 14.4 Å². The van der Waals surface area contributed by atoms with Gasteiger partial charge in [0.15, 0.2) is 0 Å². The SMILES string of the molecule is OC1(CNC2CCN(Sc3ccc(OC(F)F)cc3)CC2)CCOCC1. The second-order valence-electron chi connectivity index (χ2n) is 6.86. The van der Waals surface area contributed by atoms with E-state index in [1.54, 1.807) is 36.2 Å². The summed E-state index contributed by atoms with van der Waals surface area (Å²) in [6.45, 7) is 0.986. The first-order valence-electron chi connectivity index (χ1n) is 9.04. The van der Waals surface area contributed by atoms with Crippen molar-refractivity contribution in [2.24, 2.45) is 0 Å². The van der Waals surface area contributed by atoms with E-state index in [0.717, 1.165) is 30.8 Å². The van der Waals surface area contributed by atoms with Gasteiger partial charge in [0.05, 0.1) is 5.60 Å². The number of ether oxygens (including phenoxy) is 2. The number of rotatable bonds is 7. The molecule has 0 aliphatic carbocycles. The number of alkyl halides is 2. The van der Waals surface area contributed by atoms with Crippen LogP contribution < -0.4 is 10.1 Å². The fraction of sp³-hybridized carbons (Fsp3) is 0.667. The van der Waals surface area contributed by atoms with E-state index in [1.165, 1.54) is 0 Å². The van der Waals surface area contributed by atoms with Gasteiger partial charge in [0.25, 0.3) is 0 Å². The lowest BCUT2D eigenvalue weighted by molar-refractivity contribution is -0.0632. The molecule has 2 aliphatic rings. The van der Waals surface area contributed by atoms with Crippen LogP contribution in [0, 0.1) is 0 Å². The Kier molecular flexibility index (Phi) is 7.11. The minimum atomic E-state index is -2.79. The van der Waals surface area contributed by atoms with E-state index in [-0.39, 0.29) is 5.75 Å². The standard InChI is InChI=1S/C18H26F2N2O3S/c19-17(20)25-15-1-3-16(4-2-15)26-22-9-5-14(6-10-22)21-13-18(23)7-11-24-12-8-18/h1-4,14,17,21,23H,5-13H2. The molecule has 2 heterocycles. The van der Waals surface area contributed by atoms with Gasteiger partial charge < -0.3 is 19.9 Å². The zero-order valence-electron chi connectivity index (χ0n) is 14.7. The quantitative estimate of drug-likeness (QED) is 0.701. The molecule has 5 nitrogen and oxygen atoms in total. The smallest absolute Gasteiger partial charge is 0.387 e. The second-order valence-corrected chi connectivity index (χ2v) is 8.03. The summed E-state index contributed by atoms with van der Waals surface area (Å²) in [5.41, 5.74) is -0.633. The molecule has 0 amide bonds. The molecule has 26 heavy (non-hydrogen) atoms. The van der Waals surface area contributed by atoms with Gasteiger partial charge in [-0.1, -0.05) is 0 Å². The largest absolute Gasteiger partial charge is 0.435 e. The Balaban J connectivity index is 1.38. The number of hydrogen-bond acceptors (Lipinski definition) is 6. The Bertz CT molecular complexity index is 548. The van der Waals surface area contributed by atoms with E-state index in [0.29, 0.717) is 38.6 Å². The molecule has 0 unspecified atom stereocenters. The van der Waals surface area contributed by atoms with Gasteiger partial charge >= 0.3 is 6.61 Å². The summed E-state index contributed by atoms with van der Waals surface area (Å²) in [7, 11) is 0. The van der Waals surface area contributed by atoms with Gasteiger partial charge in [-0.3, -0.25) is 0 Å². The number of benzene rings is 1. The number of piperidine rings is 1. The van der Waals surface area contributed by atoms with E-state index in [1.807, 2.05) is 0 Å². The minimum Gasteiger partial charge on any atom is -0.435 e. The molecular formula is C18H26F2N2O3S. The monoisotopic (exact) mass is 388 g/mol. The van der Waals surface area contributed by atoms with E-state index >= 15 is 0 Å². The van der Waals surface area contributed by atoms with Crippen LogP contribution in [0.25, 0.3) is 0 Å². The molecule has 0 bridgehead atoms. The first-order chi connectivity index (χ1) is 12.5. The number of nitrogens with zero attached hydrogens (tertiary/aromatic N) is 1. The Morgan fingerprint density at radius 2 is 1.88 bits per heavy atom. The predicted molar refractivity (Wildman–Crippen MR) is 96.5 cm³/mol. The van der Waals surface area contributed by atoms with Crippen LogP contribution in [0.4, 0.5) is 8.78 Å². The van der Waals surface area contributed by atoms with Crippen molar-refractivity contribution in [1.82, 2.24) is 9.62 Å². The molecular weight excluding hydrogens is 362 g/mol. The van der Waals surface area contributed by atoms with Crippen molar-refractivity contribution in [1.29, 1.82) is 0 Å². The Morgan fingerprint density at radius 3 is 2.50 bits per heavy atom. The highest BCUT2D eigenvalue weighted by Crippen LogP contribution is 2.28. The summed E-state index contributed by atoms with van der Waals surface area (Å²) in [4.78, 5) is 1.01. The summed E-state index contributed by atoms with van der Waals surface area (Å²) in [5.74, 6) is 0.179. The molecule has 0 spiro atoms. The van der Waals surface area contributed by atoms with Crippen molar-refractivity contribution in [3.05, 3.63) is 24.3 Å². The van der Waals surface area contributed by atoms with Crippen LogP contribution in [0.15, 0.2) is 29.2 Å². The van der Waals surface area contributed by atoms with Gasteiger partial charge in [0, 0.05) is 56.6 Å². The van der Waals surface area contributed by atoms with Crippen LogP contribution in [0.2, 0.25) is 0 Å². The zero-order valence-corrected chi connectivity index (χ0v) is 15.5. The van der Waals surface area contributed by atoms with Crippen LogP contribution in [0.1, 0.15) is 25.7 Å². The summed E-state index contributed by atoms with van der Waals surface area (Å²) in [6, 6.07) is 7.15. The maximum absolute atomic E-state index is 12.2. The summed E-state index contributed by atoms with van der Waals surface area (Å²) in [6.07, 6.45) is 3.43. The Morgan fingerprint density at radius 1 is 1.23 bits per heavy atom. The van der Waals surface area contributed by atoms with Gasteiger partial charge in [-0.05, 0) is 49.1 Å². The summed E-state index contributed by atoms with van der Waals surface area (Å²) >= 11 is 1.64.